The largest absolute Gasteiger partial charge is 0.486 e. The van der Waals surface area contributed by atoms with Crippen LogP contribution >= 0.6 is 15.9 Å². The minimum Gasteiger partial charge on any atom is -0.486 e. The third-order valence-corrected chi connectivity index (χ3v) is 4.61. The van der Waals surface area contributed by atoms with E-state index < -0.39 is 0 Å². The number of amides is 1. The number of pyridine rings is 1. The molecule has 0 saturated carbocycles. The zero-order chi connectivity index (χ0) is 18.7. The molecule has 1 aliphatic rings. The molecule has 1 aromatic heterocycles. The van der Waals surface area contributed by atoms with E-state index in [-0.39, 0.29) is 18.0 Å². The third-order valence-electron chi connectivity index (χ3n) is 4.02. The van der Waals surface area contributed by atoms with Gasteiger partial charge in [-0.15, -0.1) is 0 Å². The fraction of sp³-hybridized carbons (Fsp3) is 0.263. The second kappa shape index (κ2) is 7.78. The predicted octanol–water partition coefficient (Wildman–Crippen LogP) is 3.01. The molecule has 2 heterocycles. The number of aromatic nitrogens is 1. The smallest absolute Gasteiger partial charge is 0.253 e. The highest BCUT2D eigenvalue weighted by Gasteiger charge is 2.17. The topological polar surface area (TPSA) is 80.4 Å². The van der Waals surface area contributed by atoms with Crippen molar-refractivity contribution in [1.82, 2.24) is 10.3 Å². The van der Waals surface area contributed by atoms with Crippen molar-refractivity contribution in [2.24, 2.45) is 0 Å². The zero-order valence-corrected chi connectivity index (χ0v) is 16.1. The van der Waals surface area contributed by atoms with Gasteiger partial charge in [-0.25, -0.2) is 0 Å². The Morgan fingerprint density at radius 1 is 1.19 bits per heavy atom. The normalized spacial score (nSPS) is 14.3. The van der Waals surface area contributed by atoms with Crippen molar-refractivity contribution in [2.45, 2.75) is 20.4 Å². The van der Waals surface area contributed by atoms with Gasteiger partial charge in [-0.05, 0) is 65.7 Å². The Hall–Kier alpha value is -2.54. The Morgan fingerprint density at radius 3 is 2.65 bits per heavy atom. The molecule has 0 fully saturated rings. The number of ether oxygens (including phenoxy) is 2. The van der Waals surface area contributed by atoms with Crippen molar-refractivity contribution < 1.29 is 14.3 Å². The first-order chi connectivity index (χ1) is 12.5. The summed E-state index contributed by atoms with van der Waals surface area (Å²) in [6.45, 7) is 4.67. The minimum atomic E-state index is -0.297. The number of carbonyl (C=O) groups is 1. The van der Waals surface area contributed by atoms with Crippen LogP contribution in [0, 0.1) is 13.8 Å². The Balaban J connectivity index is 1.80. The van der Waals surface area contributed by atoms with Crippen molar-refractivity contribution >= 4 is 21.8 Å². The monoisotopic (exact) mass is 418 g/mol. The summed E-state index contributed by atoms with van der Waals surface area (Å²) in [7, 11) is 0. The van der Waals surface area contributed by atoms with Crippen molar-refractivity contribution in [3.8, 4) is 11.5 Å². The standard InChI is InChI=1S/C19H19BrN2O4/c1-11-7-12(2)22-19(24)14(11)10-21-18(23)13-8-15(20)17-16(9-13)25-5-3-4-6-26-17/h3-4,7-9H,5-6,10H2,1-2H3,(H,21,23)(H,22,24)/b4-3-. The van der Waals surface area contributed by atoms with E-state index in [2.05, 4.69) is 26.2 Å². The molecule has 0 spiro atoms. The average Bonchev–Trinajstić information content (AvgIpc) is 2.54. The maximum Gasteiger partial charge on any atom is 0.253 e. The van der Waals surface area contributed by atoms with Gasteiger partial charge in [0.05, 0.1) is 4.47 Å². The summed E-state index contributed by atoms with van der Waals surface area (Å²) in [5.74, 6) is 0.768. The number of aromatic amines is 1. The van der Waals surface area contributed by atoms with Crippen molar-refractivity contribution in [3.63, 3.8) is 0 Å². The number of carbonyl (C=O) groups excluding carboxylic acids is 1. The second-order valence-corrected chi connectivity index (χ2v) is 6.86. The molecule has 0 saturated heterocycles. The molecule has 1 aromatic carbocycles. The Bertz CT molecular complexity index is 934. The molecule has 2 N–H and O–H groups in total. The van der Waals surface area contributed by atoms with Crippen LogP contribution in [-0.4, -0.2) is 24.1 Å². The number of rotatable bonds is 3. The van der Waals surface area contributed by atoms with E-state index in [4.69, 9.17) is 9.47 Å². The highest BCUT2D eigenvalue weighted by atomic mass is 79.9. The lowest BCUT2D eigenvalue weighted by Gasteiger charge is -2.16. The summed E-state index contributed by atoms with van der Waals surface area (Å²) >= 11 is 3.42. The van der Waals surface area contributed by atoms with Gasteiger partial charge in [-0.1, -0.05) is 0 Å². The van der Waals surface area contributed by atoms with E-state index in [1.807, 2.05) is 32.1 Å². The van der Waals surface area contributed by atoms with Gasteiger partial charge >= 0.3 is 0 Å². The molecule has 7 heteroatoms. The van der Waals surface area contributed by atoms with Crippen LogP contribution in [0.3, 0.4) is 0 Å². The van der Waals surface area contributed by atoms with Gasteiger partial charge in [0.15, 0.2) is 11.5 Å². The molecule has 1 aliphatic heterocycles. The van der Waals surface area contributed by atoms with Crippen LogP contribution in [0.5, 0.6) is 11.5 Å². The summed E-state index contributed by atoms with van der Waals surface area (Å²) in [6.07, 6.45) is 3.73. The van der Waals surface area contributed by atoms with Gasteiger partial charge in [-0.3, -0.25) is 9.59 Å². The van der Waals surface area contributed by atoms with E-state index >= 15 is 0 Å². The van der Waals surface area contributed by atoms with Gasteiger partial charge < -0.3 is 19.8 Å². The number of benzene rings is 1. The van der Waals surface area contributed by atoms with E-state index in [1.165, 1.54) is 0 Å². The summed E-state index contributed by atoms with van der Waals surface area (Å²) in [5, 5.41) is 2.79. The van der Waals surface area contributed by atoms with Crippen LogP contribution in [0.4, 0.5) is 0 Å². The highest BCUT2D eigenvalue weighted by molar-refractivity contribution is 9.10. The van der Waals surface area contributed by atoms with Crippen molar-refractivity contribution in [2.75, 3.05) is 13.2 Å². The molecule has 0 aliphatic carbocycles. The molecule has 0 bridgehead atoms. The summed E-state index contributed by atoms with van der Waals surface area (Å²) in [6, 6.07) is 5.19. The number of hydrogen-bond donors (Lipinski definition) is 2. The SMILES string of the molecule is Cc1cc(C)c(CNC(=O)c2cc(Br)c3c(c2)OC/C=C\CO3)c(=O)[nH]1. The molecule has 0 radical (unpaired) electrons. The molecule has 26 heavy (non-hydrogen) atoms. The number of halogens is 1. The maximum atomic E-state index is 12.5. The molecular formula is C19H19BrN2O4. The molecular weight excluding hydrogens is 400 g/mol. The summed E-state index contributed by atoms with van der Waals surface area (Å²) < 4.78 is 11.9. The van der Waals surface area contributed by atoms with Crippen LogP contribution in [0.2, 0.25) is 0 Å². The Morgan fingerprint density at radius 2 is 1.92 bits per heavy atom. The van der Waals surface area contributed by atoms with Gasteiger partial charge in [0, 0.05) is 23.4 Å². The van der Waals surface area contributed by atoms with Crippen LogP contribution in [0.15, 0.2) is 39.6 Å². The van der Waals surface area contributed by atoms with E-state index in [0.29, 0.717) is 40.3 Å². The quantitative estimate of drug-likeness (QED) is 0.750. The van der Waals surface area contributed by atoms with Gasteiger partial charge in [-0.2, -0.15) is 0 Å². The lowest BCUT2D eigenvalue weighted by atomic mass is 10.1. The predicted molar refractivity (Wildman–Crippen MR) is 102 cm³/mol. The van der Waals surface area contributed by atoms with Crippen LogP contribution in [0.1, 0.15) is 27.2 Å². The number of aryl methyl sites for hydroxylation is 2. The van der Waals surface area contributed by atoms with E-state index in [0.717, 1.165) is 11.3 Å². The third kappa shape index (κ3) is 3.99. The number of hydrogen-bond acceptors (Lipinski definition) is 4. The van der Waals surface area contributed by atoms with E-state index in [9.17, 15) is 9.59 Å². The van der Waals surface area contributed by atoms with Gasteiger partial charge in [0.25, 0.3) is 11.5 Å². The fourth-order valence-electron chi connectivity index (χ4n) is 2.72. The molecule has 1 amide bonds. The lowest BCUT2D eigenvalue weighted by molar-refractivity contribution is 0.0950. The lowest BCUT2D eigenvalue weighted by Crippen LogP contribution is -2.28. The Kier molecular flexibility index (Phi) is 5.46. The number of nitrogens with one attached hydrogen (secondary N) is 2. The molecule has 3 rings (SSSR count). The molecule has 136 valence electrons. The fourth-order valence-corrected chi connectivity index (χ4v) is 3.28. The summed E-state index contributed by atoms with van der Waals surface area (Å²) in [5.41, 5.74) is 2.41. The van der Waals surface area contributed by atoms with Crippen LogP contribution < -0.4 is 20.3 Å². The second-order valence-electron chi connectivity index (χ2n) is 6.00. The molecule has 0 atom stereocenters. The highest BCUT2D eigenvalue weighted by Crippen LogP contribution is 2.37. The Labute approximate surface area is 159 Å². The molecule has 0 unspecified atom stereocenters. The number of H-pyrrole nitrogens is 1. The average molecular weight is 419 g/mol. The van der Waals surface area contributed by atoms with Crippen molar-refractivity contribution in [1.29, 1.82) is 0 Å². The van der Waals surface area contributed by atoms with Crippen molar-refractivity contribution in [3.05, 3.63) is 67.6 Å². The minimum absolute atomic E-state index is 0.148. The van der Waals surface area contributed by atoms with Gasteiger partial charge in [0.2, 0.25) is 0 Å². The molecule has 2 aromatic rings. The zero-order valence-electron chi connectivity index (χ0n) is 14.5. The molecule has 6 nitrogen and oxygen atoms in total. The first-order valence-electron chi connectivity index (χ1n) is 8.17. The first kappa shape index (κ1) is 18.3. The van der Waals surface area contributed by atoms with E-state index in [1.54, 1.807) is 12.1 Å². The summed E-state index contributed by atoms with van der Waals surface area (Å²) in [4.78, 5) is 27.4. The van der Waals surface area contributed by atoms with Gasteiger partial charge in [0.1, 0.15) is 13.2 Å². The first-order valence-corrected chi connectivity index (χ1v) is 8.96. The maximum absolute atomic E-state index is 12.5. The van der Waals surface area contributed by atoms with Crippen LogP contribution in [0.25, 0.3) is 0 Å². The van der Waals surface area contributed by atoms with Crippen LogP contribution in [-0.2, 0) is 6.54 Å². The number of fused-ring (bicyclic) bond motifs is 1.